The van der Waals surface area contributed by atoms with Crippen LogP contribution in [0.3, 0.4) is 0 Å². The molecule has 0 spiro atoms. The van der Waals surface area contributed by atoms with E-state index in [2.05, 4.69) is 26.1 Å². The molecule has 138 valence electrons. The smallest absolute Gasteiger partial charge is 0.231 e. The zero-order valence-corrected chi connectivity index (χ0v) is 14.6. The second kappa shape index (κ2) is 6.48. The van der Waals surface area contributed by atoms with E-state index in [1.54, 1.807) is 4.52 Å². The Morgan fingerprint density at radius 2 is 2.04 bits per heavy atom. The number of aromatic nitrogens is 4. The number of hydrazine groups is 1. The van der Waals surface area contributed by atoms with Crippen LogP contribution < -0.4 is 15.6 Å². The summed E-state index contributed by atoms with van der Waals surface area (Å²) in [6.45, 7) is 3.57. The van der Waals surface area contributed by atoms with Crippen molar-refractivity contribution in [1.82, 2.24) is 35.6 Å². The number of nitrogens with zero attached hydrogens (tertiary/aromatic N) is 5. The lowest BCUT2D eigenvalue weighted by Gasteiger charge is -2.19. The molecule has 1 saturated carbocycles. The van der Waals surface area contributed by atoms with E-state index in [1.165, 1.54) is 0 Å². The molecular weight excluding hydrogens is 334 g/mol. The van der Waals surface area contributed by atoms with Gasteiger partial charge in [-0.2, -0.15) is 4.52 Å². The zero-order valence-electron chi connectivity index (χ0n) is 14.6. The number of nitrogens with one attached hydrogen (secondary N) is 2. The van der Waals surface area contributed by atoms with Gasteiger partial charge in [0.05, 0.1) is 12.5 Å². The maximum Gasteiger partial charge on any atom is 0.231 e. The highest BCUT2D eigenvalue weighted by Crippen LogP contribution is 2.38. The molecule has 0 bridgehead atoms. The summed E-state index contributed by atoms with van der Waals surface area (Å²) in [5, 5.41) is 13.0. The largest absolute Gasteiger partial charge is 0.476 e. The first-order valence-electron chi connectivity index (χ1n) is 9.37. The number of rotatable bonds is 5. The Hall–Kier alpha value is -2.26. The van der Waals surface area contributed by atoms with Crippen LogP contribution in [-0.2, 0) is 4.79 Å². The highest BCUT2D eigenvalue weighted by molar-refractivity contribution is 5.79. The number of likely N-dealkylation sites (tertiary alicyclic amines) is 1. The van der Waals surface area contributed by atoms with Crippen LogP contribution in [0.25, 0.3) is 5.65 Å². The minimum Gasteiger partial charge on any atom is -0.476 e. The van der Waals surface area contributed by atoms with Gasteiger partial charge in [-0.05, 0) is 25.3 Å². The summed E-state index contributed by atoms with van der Waals surface area (Å²) in [4.78, 5) is 14.4. The molecule has 9 nitrogen and oxygen atoms in total. The number of ether oxygens (including phenoxy) is 1. The Kier molecular flexibility index (Phi) is 3.97. The number of fused-ring (bicyclic) bond motifs is 1. The van der Waals surface area contributed by atoms with Gasteiger partial charge in [0.2, 0.25) is 11.8 Å². The summed E-state index contributed by atoms with van der Waals surface area (Å²) in [6, 6.07) is 3.74. The van der Waals surface area contributed by atoms with Gasteiger partial charge in [0.1, 0.15) is 0 Å². The fourth-order valence-corrected chi connectivity index (χ4v) is 3.73. The van der Waals surface area contributed by atoms with Crippen LogP contribution in [0.5, 0.6) is 5.88 Å². The third-order valence-electron chi connectivity index (χ3n) is 5.44. The Labute approximate surface area is 151 Å². The van der Waals surface area contributed by atoms with E-state index in [0.29, 0.717) is 37.4 Å². The van der Waals surface area contributed by atoms with Crippen molar-refractivity contribution >= 4 is 11.6 Å². The second-order valence-electron chi connectivity index (χ2n) is 7.48. The van der Waals surface area contributed by atoms with Crippen LogP contribution in [0, 0.1) is 11.8 Å². The summed E-state index contributed by atoms with van der Waals surface area (Å²) < 4.78 is 7.73. The van der Waals surface area contributed by atoms with E-state index in [0.717, 1.165) is 43.8 Å². The molecular formula is C17H23N7O2. The number of carbonyl (C=O) groups is 1. The normalized spacial score (nSPS) is 23.8. The Morgan fingerprint density at radius 1 is 1.19 bits per heavy atom. The first kappa shape index (κ1) is 16.0. The quantitative estimate of drug-likeness (QED) is 0.775. The van der Waals surface area contributed by atoms with Crippen LogP contribution in [0.1, 0.15) is 31.0 Å². The highest BCUT2D eigenvalue weighted by Gasteiger charge is 2.33. The predicted molar refractivity (Wildman–Crippen MR) is 92.4 cm³/mol. The molecule has 5 rings (SSSR count). The standard InChI is InChI=1S/C17H23N7O2/c25-17(13-7-18-19-8-13)23-6-5-11(9-23)10-26-15-4-3-14-20-21-16(12-1-2-12)24(14)22-15/h3-4,11-13,18-19H,1-2,5-10H2. The van der Waals surface area contributed by atoms with Gasteiger partial charge in [-0.1, -0.05) is 0 Å². The van der Waals surface area contributed by atoms with Crippen LogP contribution >= 0.6 is 0 Å². The van der Waals surface area contributed by atoms with E-state index in [1.807, 2.05) is 17.0 Å². The van der Waals surface area contributed by atoms with Gasteiger partial charge < -0.3 is 9.64 Å². The summed E-state index contributed by atoms with van der Waals surface area (Å²) in [5.41, 5.74) is 6.80. The number of carbonyl (C=O) groups excluding carboxylic acids is 1. The molecule has 4 heterocycles. The average molecular weight is 357 g/mol. The lowest BCUT2D eigenvalue weighted by molar-refractivity contribution is -0.133. The molecule has 1 unspecified atom stereocenters. The average Bonchev–Trinajstić information content (AvgIpc) is 3.10. The minimum atomic E-state index is 0.0494. The topological polar surface area (TPSA) is 96.7 Å². The fraction of sp³-hybridized carbons (Fsp3) is 0.647. The van der Waals surface area contributed by atoms with Crippen molar-refractivity contribution in [3.05, 3.63) is 18.0 Å². The molecule has 2 aromatic heterocycles. The van der Waals surface area contributed by atoms with Crippen molar-refractivity contribution < 1.29 is 9.53 Å². The number of hydrogen-bond donors (Lipinski definition) is 2. The van der Waals surface area contributed by atoms with E-state index in [4.69, 9.17) is 4.74 Å². The molecule has 1 aliphatic carbocycles. The highest BCUT2D eigenvalue weighted by atomic mass is 16.5. The Morgan fingerprint density at radius 3 is 2.85 bits per heavy atom. The van der Waals surface area contributed by atoms with Crippen LogP contribution in [-0.4, -0.2) is 63.4 Å². The molecule has 3 aliphatic rings. The van der Waals surface area contributed by atoms with Gasteiger partial charge in [0, 0.05) is 44.1 Å². The molecule has 9 heteroatoms. The van der Waals surface area contributed by atoms with Crippen LogP contribution in [0.2, 0.25) is 0 Å². The lowest BCUT2D eigenvalue weighted by atomic mass is 10.1. The van der Waals surface area contributed by atoms with E-state index < -0.39 is 0 Å². The predicted octanol–water partition coefficient (Wildman–Crippen LogP) is -0.0470. The summed E-state index contributed by atoms with van der Waals surface area (Å²) in [5.74, 6) is 2.65. The van der Waals surface area contributed by atoms with Gasteiger partial charge in [-0.25, -0.2) is 0 Å². The molecule has 0 aromatic carbocycles. The summed E-state index contributed by atoms with van der Waals surface area (Å²) in [7, 11) is 0. The molecule has 3 fully saturated rings. The Bertz CT molecular complexity index is 813. The van der Waals surface area contributed by atoms with Crippen molar-refractivity contribution in [2.24, 2.45) is 11.8 Å². The third-order valence-corrected chi connectivity index (χ3v) is 5.44. The maximum absolute atomic E-state index is 12.5. The van der Waals surface area contributed by atoms with Crippen molar-refractivity contribution in [3.8, 4) is 5.88 Å². The molecule has 1 amide bonds. The Balaban J connectivity index is 1.19. The van der Waals surface area contributed by atoms with E-state index in [9.17, 15) is 4.79 Å². The molecule has 2 aliphatic heterocycles. The van der Waals surface area contributed by atoms with Crippen LogP contribution in [0.15, 0.2) is 12.1 Å². The van der Waals surface area contributed by atoms with Gasteiger partial charge in [-0.3, -0.25) is 15.6 Å². The van der Waals surface area contributed by atoms with Gasteiger partial charge >= 0.3 is 0 Å². The van der Waals surface area contributed by atoms with Crippen molar-refractivity contribution in [1.29, 1.82) is 0 Å². The molecule has 2 aromatic rings. The third kappa shape index (κ3) is 3.01. The molecule has 26 heavy (non-hydrogen) atoms. The lowest BCUT2D eigenvalue weighted by Crippen LogP contribution is -2.37. The summed E-state index contributed by atoms with van der Waals surface area (Å²) >= 11 is 0. The second-order valence-corrected chi connectivity index (χ2v) is 7.48. The monoisotopic (exact) mass is 357 g/mol. The first-order valence-corrected chi connectivity index (χ1v) is 9.37. The first-order chi connectivity index (χ1) is 12.8. The van der Waals surface area contributed by atoms with Crippen molar-refractivity contribution in [3.63, 3.8) is 0 Å². The number of amides is 1. The van der Waals surface area contributed by atoms with Gasteiger partial charge in [-0.15, -0.1) is 15.3 Å². The SMILES string of the molecule is O=C(C1CNNC1)N1CCC(COc2ccc3nnc(C4CC4)n3n2)C1. The van der Waals surface area contributed by atoms with Gasteiger partial charge in [0.25, 0.3) is 0 Å². The van der Waals surface area contributed by atoms with E-state index in [-0.39, 0.29) is 11.8 Å². The molecule has 2 saturated heterocycles. The van der Waals surface area contributed by atoms with Gasteiger partial charge in [0.15, 0.2) is 11.5 Å². The van der Waals surface area contributed by atoms with E-state index >= 15 is 0 Å². The summed E-state index contributed by atoms with van der Waals surface area (Å²) in [6.07, 6.45) is 3.29. The van der Waals surface area contributed by atoms with Crippen LogP contribution in [0.4, 0.5) is 0 Å². The zero-order chi connectivity index (χ0) is 17.5. The molecule has 2 N–H and O–H groups in total. The minimum absolute atomic E-state index is 0.0494. The van der Waals surface area contributed by atoms with Crippen molar-refractivity contribution in [2.75, 3.05) is 32.8 Å². The number of hydrogen-bond acceptors (Lipinski definition) is 7. The maximum atomic E-state index is 12.5. The molecule has 0 radical (unpaired) electrons. The fourth-order valence-electron chi connectivity index (χ4n) is 3.73. The van der Waals surface area contributed by atoms with Crippen molar-refractivity contribution in [2.45, 2.75) is 25.2 Å². The molecule has 1 atom stereocenters.